The molecule has 6 fully saturated rings. The highest BCUT2D eigenvalue weighted by Crippen LogP contribution is 2.24. The van der Waals surface area contributed by atoms with Crippen molar-refractivity contribution in [2.45, 2.75) is 72.0 Å². The molecule has 17 nitrogen and oxygen atoms in total. The van der Waals surface area contributed by atoms with Crippen LogP contribution in [0.2, 0.25) is 0 Å². The molecule has 0 unspecified atom stereocenters. The second kappa shape index (κ2) is 22.3. The van der Waals surface area contributed by atoms with Crippen molar-refractivity contribution in [3.05, 3.63) is 0 Å². The predicted molar refractivity (Wildman–Crippen MR) is 199 cm³/mol. The second-order valence-corrected chi connectivity index (χ2v) is 16.4. The number of carboxylic acid groups (broad SMARTS) is 1. The minimum absolute atomic E-state index is 0.0787. The van der Waals surface area contributed by atoms with Gasteiger partial charge in [-0.1, -0.05) is 0 Å². The van der Waals surface area contributed by atoms with E-state index in [9.17, 15) is 24.0 Å². The third kappa shape index (κ3) is 17.9. The number of aliphatic carboxylic acids is 1. The standard InChI is InChI=1S/C14H24N2O4.C10H17NO4.C9H16N2O2.C4H9NO/c1-14(2,3)20-13(18)16-9-11(10-16)8-12(17)15-4-6-19-7-5-15;1-10(2,3)15-9(14)11-5-7(6-11)4-8(12)13;12-9(5-8-6-10-7-8)11-1-3-13-4-2-11;1-3-6-4-2-5-1/h11H,4-10H2,1-3H3;7H,4-6H2,1-3H3,(H,12,13);8,10H,1-7H2;5H,1-4H2. The molecular formula is C37H66N6O11. The molecule has 6 rings (SSSR count). The van der Waals surface area contributed by atoms with Crippen LogP contribution in [0.4, 0.5) is 9.59 Å². The van der Waals surface area contributed by atoms with Crippen molar-refractivity contribution in [2.24, 2.45) is 17.8 Å². The van der Waals surface area contributed by atoms with E-state index >= 15 is 0 Å². The van der Waals surface area contributed by atoms with Gasteiger partial charge >= 0.3 is 18.2 Å². The van der Waals surface area contributed by atoms with E-state index in [0.717, 1.165) is 52.5 Å². The molecule has 0 aromatic heterocycles. The molecule has 0 radical (unpaired) electrons. The van der Waals surface area contributed by atoms with E-state index in [4.69, 9.17) is 28.8 Å². The molecule has 0 bridgehead atoms. The third-order valence-corrected chi connectivity index (χ3v) is 9.05. The van der Waals surface area contributed by atoms with Gasteiger partial charge in [0.2, 0.25) is 11.8 Å². The summed E-state index contributed by atoms with van der Waals surface area (Å²) in [6, 6.07) is 0. The molecular weight excluding hydrogens is 704 g/mol. The van der Waals surface area contributed by atoms with Gasteiger partial charge < -0.3 is 59.0 Å². The normalized spacial score (nSPS) is 20.9. The topological polar surface area (TPSA) is 189 Å². The molecule has 0 aromatic rings. The van der Waals surface area contributed by atoms with Gasteiger partial charge in [-0.2, -0.15) is 0 Å². The summed E-state index contributed by atoms with van der Waals surface area (Å²) in [5.74, 6) is 0.573. The Balaban J connectivity index is 0.000000206. The van der Waals surface area contributed by atoms with Crippen molar-refractivity contribution >= 4 is 30.0 Å². The van der Waals surface area contributed by atoms with E-state index in [1.165, 1.54) is 4.90 Å². The fraction of sp³-hybridized carbons (Fsp3) is 0.865. The molecule has 6 aliphatic heterocycles. The number of carbonyl (C=O) groups is 5. The number of carboxylic acids is 1. The molecule has 6 aliphatic rings. The molecule has 3 N–H and O–H groups in total. The highest BCUT2D eigenvalue weighted by atomic mass is 16.6. The molecule has 0 aliphatic carbocycles. The summed E-state index contributed by atoms with van der Waals surface area (Å²) in [6.45, 7) is 24.6. The molecule has 0 saturated carbocycles. The van der Waals surface area contributed by atoms with Crippen LogP contribution in [0.15, 0.2) is 0 Å². The number of likely N-dealkylation sites (tertiary alicyclic amines) is 2. The zero-order chi connectivity index (χ0) is 39.7. The highest BCUT2D eigenvalue weighted by Gasteiger charge is 2.36. The van der Waals surface area contributed by atoms with Crippen LogP contribution < -0.4 is 10.6 Å². The van der Waals surface area contributed by atoms with Crippen LogP contribution in [0, 0.1) is 17.8 Å². The van der Waals surface area contributed by atoms with Crippen molar-refractivity contribution in [3.63, 3.8) is 0 Å². The largest absolute Gasteiger partial charge is 0.481 e. The van der Waals surface area contributed by atoms with Crippen LogP contribution in [-0.2, 0) is 38.1 Å². The minimum Gasteiger partial charge on any atom is -0.481 e. The van der Waals surface area contributed by atoms with E-state index in [0.29, 0.717) is 90.4 Å². The molecule has 0 atom stereocenters. The molecule has 310 valence electrons. The Morgan fingerprint density at radius 2 is 0.926 bits per heavy atom. The monoisotopic (exact) mass is 770 g/mol. The average molecular weight is 771 g/mol. The van der Waals surface area contributed by atoms with Crippen molar-refractivity contribution < 1.29 is 52.8 Å². The van der Waals surface area contributed by atoms with Crippen LogP contribution >= 0.6 is 0 Å². The lowest BCUT2D eigenvalue weighted by molar-refractivity contribution is -0.139. The Kier molecular flexibility index (Phi) is 18.7. The fourth-order valence-corrected chi connectivity index (χ4v) is 5.98. The molecule has 17 heteroatoms. The van der Waals surface area contributed by atoms with E-state index in [2.05, 4.69) is 10.6 Å². The lowest BCUT2D eigenvalue weighted by atomic mass is 9.96. The summed E-state index contributed by atoms with van der Waals surface area (Å²) in [7, 11) is 0. The maximum Gasteiger partial charge on any atom is 0.410 e. The van der Waals surface area contributed by atoms with Crippen LogP contribution in [0.1, 0.15) is 60.8 Å². The van der Waals surface area contributed by atoms with Gasteiger partial charge in [-0.3, -0.25) is 14.4 Å². The second-order valence-electron chi connectivity index (χ2n) is 16.4. The number of ether oxygens (including phenoxy) is 5. The van der Waals surface area contributed by atoms with Crippen LogP contribution in [-0.4, -0.2) is 184 Å². The van der Waals surface area contributed by atoms with Crippen molar-refractivity contribution in [3.8, 4) is 0 Å². The molecule has 54 heavy (non-hydrogen) atoms. The maximum absolute atomic E-state index is 12.0. The third-order valence-electron chi connectivity index (χ3n) is 9.05. The van der Waals surface area contributed by atoms with Crippen molar-refractivity contribution in [1.29, 1.82) is 0 Å². The van der Waals surface area contributed by atoms with Crippen LogP contribution in [0.3, 0.4) is 0 Å². The number of hydrogen-bond acceptors (Lipinski definition) is 12. The Hall–Kier alpha value is -3.25. The summed E-state index contributed by atoms with van der Waals surface area (Å²) < 4.78 is 25.8. The fourth-order valence-electron chi connectivity index (χ4n) is 5.98. The van der Waals surface area contributed by atoms with Crippen molar-refractivity contribution in [2.75, 3.05) is 118 Å². The van der Waals surface area contributed by atoms with Gasteiger partial charge in [0.1, 0.15) is 11.2 Å². The number of rotatable bonds is 6. The first-order valence-corrected chi connectivity index (χ1v) is 19.4. The Morgan fingerprint density at radius 1 is 0.556 bits per heavy atom. The zero-order valence-electron chi connectivity index (χ0n) is 33.4. The summed E-state index contributed by atoms with van der Waals surface area (Å²) in [5, 5.41) is 14.9. The average Bonchev–Trinajstić information content (AvgIpc) is 3.06. The van der Waals surface area contributed by atoms with Gasteiger partial charge in [-0.25, -0.2) is 9.59 Å². The Morgan fingerprint density at radius 3 is 1.22 bits per heavy atom. The number of amides is 4. The molecule has 6 saturated heterocycles. The maximum atomic E-state index is 12.0. The van der Waals surface area contributed by atoms with Gasteiger partial charge in [-0.15, -0.1) is 0 Å². The number of nitrogens with one attached hydrogen (secondary N) is 2. The Bertz CT molecular complexity index is 1170. The number of morpholine rings is 3. The first kappa shape index (κ1) is 45.1. The molecule has 0 spiro atoms. The van der Waals surface area contributed by atoms with Gasteiger partial charge in [0.25, 0.3) is 0 Å². The highest BCUT2D eigenvalue weighted by molar-refractivity contribution is 5.77. The van der Waals surface area contributed by atoms with Crippen LogP contribution in [0.25, 0.3) is 0 Å². The van der Waals surface area contributed by atoms with E-state index in [1.54, 1.807) is 25.7 Å². The summed E-state index contributed by atoms with van der Waals surface area (Å²) in [6.07, 6.45) is 0.711. The van der Waals surface area contributed by atoms with Crippen molar-refractivity contribution in [1.82, 2.24) is 30.2 Å². The summed E-state index contributed by atoms with van der Waals surface area (Å²) in [4.78, 5) is 64.2. The van der Waals surface area contributed by atoms with E-state index in [-0.39, 0.29) is 36.4 Å². The van der Waals surface area contributed by atoms with Gasteiger partial charge in [0.05, 0.1) is 46.1 Å². The predicted octanol–water partition coefficient (Wildman–Crippen LogP) is 1.49. The molecule has 4 amide bonds. The number of carbonyl (C=O) groups excluding carboxylic acids is 4. The van der Waals surface area contributed by atoms with E-state index in [1.807, 2.05) is 30.6 Å². The molecule has 6 heterocycles. The smallest absolute Gasteiger partial charge is 0.410 e. The van der Waals surface area contributed by atoms with Gasteiger partial charge in [-0.05, 0) is 60.5 Å². The Labute approximate surface area is 320 Å². The van der Waals surface area contributed by atoms with Gasteiger partial charge in [0.15, 0.2) is 0 Å². The quantitative estimate of drug-likeness (QED) is 0.353. The summed E-state index contributed by atoms with van der Waals surface area (Å²) in [5.41, 5.74) is -0.958. The SMILES string of the molecule is C1COCCN1.CC(C)(C)OC(=O)N1CC(CC(=O)N2CCOCC2)C1.CC(C)(C)OC(=O)N1CC(CC(=O)O)C1.O=C(CC1CNC1)N1CCOCC1. The minimum atomic E-state index is -0.816. The first-order chi connectivity index (χ1) is 25.5. The lowest BCUT2D eigenvalue weighted by Crippen LogP contribution is -2.53. The lowest BCUT2D eigenvalue weighted by Gasteiger charge is -2.40. The first-order valence-electron chi connectivity index (χ1n) is 19.4. The zero-order valence-corrected chi connectivity index (χ0v) is 33.4. The van der Waals surface area contributed by atoms with Gasteiger partial charge in [0, 0.05) is 90.1 Å². The van der Waals surface area contributed by atoms with E-state index < -0.39 is 17.2 Å². The number of nitrogens with zero attached hydrogens (tertiary/aromatic N) is 4. The van der Waals surface area contributed by atoms with Crippen LogP contribution in [0.5, 0.6) is 0 Å². The number of hydrogen-bond donors (Lipinski definition) is 3. The molecule has 0 aromatic carbocycles. The summed E-state index contributed by atoms with van der Waals surface area (Å²) >= 11 is 0.